The predicted octanol–water partition coefficient (Wildman–Crippen LogP) is 0.486. The van der Waals surface area contributed by atoms with E-state index in [2.05, 4.69) is 4.98 Å². The van der Waals surface area contributed by atoms with Gasteiger partial charge in [0.05, 0.1) is 19.0 Å². The molecule has 0 aliphatic carbocycles. The van der Waals surface area contributed by atoms with Crippen LogP contribution in [-0.2, 0) is 34.9 Å². The average molecular weight is 445 g/mol. The Morgan fingerprint density at radius 2 is 1.84 bits per heavy atom. The number of carbonyl (C=O) groups excluding carboxylic acids is 2. The summed E-state index contributed by atoms with van der Waals surface area (Å²) < 4.78 is 15.9. The number of ketones is 1. The van der Waals surface area contributed by atoms with Crippen LogP contribution < -0.4 is 11.2 Å². The predicted molar refractivity (Wildman–Crippen MR) is 116 cm³/mol. The molecule has 0 bridgehead atoms. The lowest BCUT2D eigenvalue weighted by molar-refractivity contribution is -0.143. The smallest absolute Gasteiger partial charge is 0.332 e. The molecule has 0 spiro atoms. The number of aryl methyl sites for hydroxylation is 2. The summed E-state index contributed by atoms with van der Waals surface area (Å²) in [6, 6.07) is 1.82. The summed E-state index contributed by atoms with van der Waals surface area (Å²) in [5.41, 5.74) is 1.36. The second-order valence-corrected chi connectivity index (χ2v) is 7.79. The molecule has 0 radical (unpaired) electrons. The lowest BCUT2D eigenvalue weighted by Gasteiger charge is -2.17. The number of rotatable bonds is 8. The molecule has 1 unspecified atom stereocenters. The third-order valence-electron chi connectivity index (χ3n) is 5.51. The SMILES string of the molecule is COCC(C)n1c(C)cc(C(=O)COC(=O)Cn2cnc3c2c(=O)n(C)c(=O)n3C)c1C. The van der Waals surface area contributed by atoms with Crippen LogP contribution in [0.25, 0.3) is 11.2 Å². The molecule has 0 saturated carbocycles. The van der Waals surface area contributed by atoms with Gasteiger partial charge in [0.2, 0.25) is 5.78 Å². The van der Waals surface area contributed by atoms with E-state index in [1.54, 1.807) is 13.2 Å². The van der Waals surface area contributed by atoms with Gasteiger partial charge in [0, 0.05) is 38.2 Å². The molecular formula is C21H27N5O6. The summed E-state index contributed by atoms with van der Waals surface area (Å²) >= 11 is 0. The maximum absolute atomic E-state index is 12.7. The minimum atomic E-state index is -0.699. The van der Waals surface area contributed by atoms with Gasteiger partial charge < -0.3 is 18.6 Å². The number of hydrogen-bond acceptors (Lipinski definition) is 7. The summed E-state index contributed by atoms with van der Waals surface area (Å²) in [5.74, 6) is -1.02. The van der Waals surface area contributed by atoms with Gasteiger partial charge in [-0.25, -0.2) is 9.78 Å². The molecule has 0 N–H and O–H groups in total. The summed E-state index contributed by atoms with van der Waals surface area (Å²) in [6.07, 6.45) is 1.29. The van der Waals surface area contributed by atoms with Crippen LogP contribution in [0.4, 0.5) is 0 Å². The van der Waals surface area contributed by atoms with Gasteiger partial charge in [0.15, 0.2) is 17.8 Å². The highest BCUT2D eigenvalue weighted by Gasteiger charge is 2.21. The highest BCUT2D eigenvalue weighted by atomic mass is 16.5. The number of esters is 1. The van der Waals surface area contributed by atoms with E-state index in [1.807, 2.05) is 25.3 Å². The van der Waals surface area contributed by atoms with Gasteiger partial charge in [-0.05, 0) is 26.8 Å². The van der Waals surface area contributed by atoms with Crippen LogP contribution in [0.15, 0.2) is 22.0 Å². The Labute approximate surface area is 183 Å². The Bertz CT molecular complexity index is 1310. The normalized spacial score (nSPS) is 12.3. The number of hydrogen-bond donors (Lipinski definition) is 0. The number of fused-ring (bicyclic) bond motifs is 1. The standard InChI is InChI=1S/C21H27N5O6/c1-12-7-15(14(3)26(12)13(2)9-31-6)16(27)10-32-17(28)8-25-11-22-19-18(25)20(29)24(5)21(30)23(19)4/h7,11,13H,8-10H2,1-6H3. The van der Waals surface area contributed by atoms with Crippen LogP contribution in [0, 0.1) is 13.8 Å². The first-order valence-electron chi connectivity index (χ1n) is 10.1. The van der Waals surface area contributed by atoms with E-state index in [0.717, 1.165) is 16.0 Å². The molecular weight excluding hydrogens is 418 g/mol. The Balaban J connectivity index is 1.74. The molecule has 11 heteroatoms. The van der Waals surface area contributed by atoms with Gasteiger partial charge >= 0.3 is 11.7 Å². The number of carbonyl (C=O) groups is 2. The van der Waals surface area contributed by atoms with Crippen molar-refractivity contribution in [2.24, 2.45) is 14.1 Å². The minimum Gasteiger partial charge on any atom is -0.456 e. The fraction of sp³-hybridized carbons (Fsp3) is 0.476. The zero-order chi connectivity index (χ0) is 23.7. The Hall–Kier alpha value is -3.47. The molecule has 3 rings (SSSR count). The zero-order valence-electron chi connectivity index (χ0n) is 19.0. The topological polar surface area (TPSA) is 119 Å². The van der Waals surface area contributed by atoms with Crippen molar-refractivity contribution in [3.8, 4) is 0 Å². The Kier molecular flexibility index (Phi) is 6.49. The number of methoxy groups -OCH3 is 1. The van der Waals surface area contributed by atoms with Gasteiger partial charge in [-0.2, -0.15) is 0 Å². The first-order chi connectivity index (χ1) is 15.1. The van der Waals surface area contributed by atoms with E-state index in [4.69, 9.17) is 9.47 Å². The molecule has 3 aromatic rings. The molecule has 32 heavy (non-hydrogen) atoms. The van der Waals surface area contributed by atoms with E-state index >= 15 is 0 Å². The van der Waals surface area contributed by atoms with Crippen LogP contribution in [0.2, 0.25) is 0 Å². The summed E-state index contributed by atoms with van der Waals surface area (Å²) in [6.45, 7) is 5.49. The van der Waals surface area contributed by atoms with Gasteiger partial charge in [-0.3, -0.25) is 23.5 Å². The van der Waals surface area contributed by atoms with Crippen LogP contribution >= 0.6 is 0 Å². The first kappa shape index (κ1) is 23.2. The Morgan fingerprint density at radius 3 is 2.50 bits per heavy atom. The van der Waals surface area contributed by atoms with E-state index < -0.39 is 23.8 Å². The van der Waals surface area contributed by atoms with Crippen LogP contribution in [0.5, 0.6) is 0 Å². The van der Waals surface area contributed by atoms with Gasteiger partial charge in [-0.15, -0.1) is 0 Å². The highest BCUT2D eigenvalue weighted by molar-refractivity contribution is 5.99. The van der Waals surface area contributed by atoms with Crippen molar-refractivity contribution in [2.75, 3.05) is 20.3 Å². The fourth-order valence-corrected chi connectivity index (χ4v) is 3.98. The second-order valence-electron chi connectivity index (χ2n) is 7.79. The summed E-state index contributed by atoms with van der Waals surface area (Å²) in [7, 11) is 4.46. The molecule has 172 valence electrons. The van der Waals surface area contributed by atoms with Gasteiger partial charge in [0.25, 0.3) is 5.56 Å². The van der Waals surface area contributed by atoms with Crippen molar-refractivity contribution in [2.45, 2.75) is 33.4 Å². The number of nitrogens with zero attached hydrogens (tertiary/aromatic N) is 5. The van der Waals surface area contributed by atoms with E-state index in [0.29, 0.717) is 12.2 Å². The zero-order valence-corrected chi connectivity index (χ0v) is 19.0. The van der Waals surface area contributed by atoms with Gasteiger partial charge in [-0.1, -0.05) is 0 Å². The van der Waals surface area contributed by atoms with Crippen molar-refractivity contribution in [3.63, 3.8) is 0 Å². The molecule has 0 amide bonds. The van der Waals surface area contributed by atoms with Crippen molar-refractivity contribution >= 4 is 22.9 Å². The quantitative estimate of drug-likeness (QED) is 0.365. The highest BCUT2D eigenvalue weighted by Crippen LogP contribution is 2.21. The monoisotopic (exact) mass is 445 g/mol. The number of Topliss-reactive ketones (excluding diaryl/α,β-unsaturated/α-hetero) is 1. The number of ether oxygens (including phenoxy) is 2. The number of aromatic nitrogens is 5. The maximum Gasteiger partial charge on any atom is 0.332 e. The van der Waals surface area contributed by atoms with Crippen molar-refractivity contribution in [3.05, 3.63) is 50.2 Å². The maximum atomic E-state index is 12.7. The van der Waals surface area contributed by atoms with Crippen LogP contribution in [-0.4, -0.2) is 55.3 Å². The Morgan fingerprint density at radius 1 is 1.16 bits per heavy atom. The summed E-state index contributed by atoms with van der Waals surface area (Å²) in [4.78, 5) is 53.6. The van der Waals surface area contributed by atoms with E-state index in [9.17, 15) is 19.2 Å². The van der Waals surface area contributed by atoms with E-state index in [1.165, 1.54) is 29.6 Å². The number of imidazole rings is 1. The molecule has 1 atom stereocenters. The van der Waals surface area contributed by atoms with Crippen molar-refractivity contribution in [1.82, 2.24) is 23.3 Å². The van der Waals surface area contributed by atoms with Crippen LogP contribution in [0.3, 0.4) is 0 Å². The molecule has 11 nitrogen and oxygen atoms in total. The molecule has 3 heterocycles. The molecule has 0 aliphatic rings. The van der Waals surface area contributed by atoms with Crippen LogP contribution in [0.1, 0.15) is 34.7 Å². The van der Waals surface area contributed by atoms with Gasteiger partial charge in [0.1, 0.15) is 6.54 Å². The van der Waals surface area contributed by atoms with Crippen molar-refractivity contribution in [1.29, 1.82) is 0 Å². The third-order valence-corrected chi connectivity index (χ3v) is 5.51. The molecule has 3 aromatic heterocycles. The molecule has 0 aliphatic heterocycles. The second kappa shape index (κ2) is 8.95. The lowest BCUT2D eigenvalue weighted by atomic mass is 10.1. The minimum absolute atomic E-state index is 0.0530. The third kappa shape index (κ3) is 4.03. The average Bonchev–Trinajstić information content (AvgIpc) is 3.29. The molecule has 0 aromatic carbocycles. The van der Waals surface area contributed by atoms with Crippen molar-refractivity contribution < 1.29 is 19.1 Å². The lowest BCUT2D eigenvalue weighted by Crippen LogP contribution is -2.37. The molecule has 0 saturated heterocycles. The summed E-state index contributed by atoms with van der Waals surface area (Å²) in [5, 5.41) is 0. The molecule has 0 fully saturated rings. The largest absolute Gasteiger partial charge is 0.456 e. The fourth-order valence-electron chi connectivity index (χ4n) is 3.98. The first-order valence-corrected chi connectivity index (χ1v) is 10.1. The van der Waals surface area contributed by atoms with E-state index in [-0.39, 0.29) is 29.5 Å².